The number of rotatable bonds is 5. The third kappa shape index (κ3) is 3.82. The normalized spacial score (nSPS) is 28.2. The molecule has 6 heteroatoms. The average molecular weight is 463 g/mol. The molecule has 1 amide bonds. The van der Waals surface area contributed by atoms with Crippen molar-refractivity contribution < 1.29 is 19.0 Å². The second-order valence-corrected chi connectivity index (χ2v) is 10.5. The van der Waals surface area contributed by atoms with E-state index in [2.05, 4.69) is 28.4 Å². The number of hydrogen-bond donors (Lipinski definition) is 1. The van der Waals surface area contributed by atoms with Crippen molar-refractivity contribution in [3.8, 4) is 22.6 Å². The minimum absolute atomic E-state index is 0.0247. The van der Waals surface area contributed by atoms with Gasteiger partial charge in [0.05, 0.1) is 20.3 Å². The fourth-order valence-corrected chi connectivity index (χ4v) is 6.43. The van der Waals surface area contributed by atoms with E-state index in [0.29, 0.717) is 5.92 Å². The van der Waals surface area contributed by atoms with Crippen LogP contribution in [0.2, 0.25) is 0 Å². The number of nitrogens with zero attached hydrogens (tertiary/aromatic N) is 1. The van der Waals surface area contributed by atoms with E-state index in [0.717, 1.165) is 67.9 Å². The van der Waals surface area contributed by atoms with Gasteiger partial charge in [0.2, 0.25) is 0 Å². The van der Waals surface area contributed by atoms with Crippen molar-refractivity contribution in [2.75, 3.05) is 33.9 Å². The second-order valence-electron chi connectivity index (χ2n) is 10.5. The molecule has 2 bridgehead atoms. The largest absolute Gasteiger partial charge is 0.497 e. The number of carbonyl (C=O) groups excluding carboxylic acids is 1. The lowest BCUT2D eigenvalue weighted by Gasteiger charge is -2.44. The molecule has 3 aliphatic heterocycles. The van der Waals surface area contributed by atoms with Gasteiger partial charge in [-0.2, -0.15) is 0 Å². The molecule has 180 valence electrons. The number of amides is 1. The number of fused-ring (bicyclic) bond motifs is 4. The van der Waals surface area contributed by atoms with Crippen molar-refractivity contribution >= 4 is 6.09 Å². The Morgan fingerprint density at radius 2 is 1.85 bits per heavy atom. The number of benzene rings is 2. The van der Waals surface area contributed by atoms with Crippen LogP contribution < -0.4 is 14.8 Å². The highest BCUT2D eigenvalue weighted by molar-refractivity contribution is 5.73. The van der Waals surface area contributed by atoms with Gasteiger partial charge >= 0.3 is 6.09 Å². The zero-order valence-electron chi connectivity index (χ0n) is 20.1. The molecular weight excluding hydrogens is 428 g/mol. The summed E-state index contributed by atoms with van der Waals surface area (Å²) in [6.45, 7) is 3.18. The molecule has 5 aliphatic rings. The molecule has 4 fully saturated rings. The van der Waals surface area contributed by atoms with Gasteiger partial charge in [-0.25, -0.2) is 4.79 Å². The topological polar surface area (TPSA) is 60.0 Å². The predicted octanol–water partition coefficient (Wildman–Crippen LogP) is 4.96. The monoisotopic (exact) mass is 462 g/mol. The molecule has 34 heavy (non-hydrogen) atoms. The van der Waals surface area contributed by atoms with Gasteiger partial charge in [0.15, 0.2) is 0 Å². The van der Waals surface area contributed by atoms with E-state index in [4.69, 9.17) is 14.2 Å². The van der Waals surface area contributed by atoms with Crippen LogP contribution in [0.5, 0.6) is 11.5 Å². The number of alkyl carbamates (subject to hydrolysis) is 1. The van der Waals surface area contributed by atoms with Gasteiger partial charge in [0.1, 0.15) is 17.6 Å². The lowest BCUT2D eigenvalue weighted by atomic mass is 9.76. The summed E-state index contributed by atoms with van der Waals surface area (Å²) in [5.74, 6) is 2.09. The van der Waals surface area contributed by atoms with E-state index in [1.807, 2.05) is 18.2 Å². The van der Waals surface area contributed by atoms with Crippen molar-refractivity contribution in [3.05, 3.63) is 47.5 Å². The molecule has 1 saturated carbocycles. The van der Waals surface area contributed by atoms with Crippen molar-refractivity contribution in [2.24, 2.45) is 11.3 Å². The maximum absolute atomic E-state index is 13.0. The van der Waals surface area contributed by atoms with Gasteiger partial charge in [-0.3, -0.25) is 4.90 Å². The zero-order valence-corrected chi connectivity index (χ0v) is 20.1. The van der Waals surface area contributed by atoms with E-state index >= 15 is 0 Å². The minimum Gasteiger partial charge on any atom is -0.497 e. The molecule has 3 saturated heterocycles. The summed E-state index contributed by atoms with van der Waals surface area (Å²) in [4.78, 5) is 15.5. The summed E-state index contributed by atoms with van der Waals surface area (Å²) in [5, 5.41) is 3.31. The standard InChI is InChI=1S/C28H34N2O4/c1-32-21-4-6-22(24(16-21)33-2)19-3-5-23-20(15-19)7-10-28(11-12-28)26(23)29-27(31)34-25-17-30-13-8-18(25)9-14-30/h3-6,15-16,18,25-26H,7-14,17H2,1-2H3,(H,29,31)/t25-,26?/m0/s1. The number of aryl methyl sites for hydroxylation is 1. The molecule has 2 atom stereocenters. The van der Waals surface area contributed by atoms with Crippen molar-refractivity contribution in [3.63, 3.8) is 0 Å². The molecule has 0 radical (unpaired) electrons. The number of piperidine rings is 3. The first kappa shape index (κ1) is 21.8. The summed E-state index contributed by atoms with van der Waals surface area (Å²) in [7, 11) is 3.35. The molecule has 1 N–H and O–H groups in total. The summed E-state index contributed by atoms with van der Waals surface area (Å²) in [6.07, 6.45) is 6.56. The molecule has 0 aromatic heterocycles. The minimum atomic E-state index is -0.247. The van der Waals surface area contributed by atoms with Crippen LogP contribution in [0.3, 0.4) is 0 Å². The van der Waals surface area contributed by atoms with E-state index in [-0.39, 0.29) is 23.7 Å². The zero-order chi connectivity index (χ0) is 23.3. The molecule has 2 aliphatic carbocycles. The van der Waals surface area contributed by atoms with Crippen LogP contribution in [0.4, 0.5) is 4.79 Å². The number of carbonyl (C=O) groups is 1. The fraction of sp³-hybridized carbons (Fsp3) is 0.536. The van der Waals surface area contributed by atoms with Crippen molar-refractivity contribution in [1.82, 2.24) is 10.2 Å². The Bertz CT molecular complexity index is 1090. The van der Waals surface area contributed by atoms with Crippen LogP contribution in [-0.4, -0.2) is 51.0 Å². The maximum Gasteiger partial charge on any atom is 0.407 e. The quantitative estimate of drug-likeness (QED) is 0.681. The Kier molecular flexibility index (Phi) is 5.44. The Balaban J connectivity index is 1.24. The molecule has 1 spiro atoms. The molecule has 3 heterocycles. The lowest BCUT2D eigenvalue weighted by Crippen LogP contribution is -2.53. The van der Waals surface area contributed by atoms with E-state index in [1.54, 1.807) is 14.2 Å². The molecule has 6 nitrogen and oxygen atoms in total. The Morgan fingerprint density at radius 1 is 1.03 bits per heavy atom. The van der Waals surface area contributed by atoms with Gasteiger partial charge in [-0.15, -0.1) is 0 Å². The second kappa shape index (κ2) is 8.49. The number of nitrogens with one attached hydrogen (secondary N) is 1. The molecule has 2 aromatic carbocycles. The highest BCUT2D eigenvalue weighted by atomic mass is 16.6. The predicted molar refractivity (Wildman–Crippen MR) is 130 cm³/mol. The SMILES string of the molecule is COc1ccc(-c2ccc3c(c2)CCC2(CC2)C3NC(=O)O[C@H]2CN3CCC2CC3)c(OC)c1. The van der Waals surface area contributed by atoms with E-state index < -0.39 is 0 Å². The van der Waals surface area contributed by atoms with Gasteiger partial charge in [0.25, 0.3) is 0 Å². The van der Waals surface area contributed by atoms with Gasteiger partial charge in [-0.1, -0.05) is 18.2 Å². The number of hydrogen-bond acceptors (Lipinski definition) is 5. The van der Waals surface area contributed by atoms with Crippen LogP contribution in [0, 0.1) is 11.3 Å². The summed E-state index contributed by atoms with van der Waals surface area (Å²) in [6, 6.07) is 12.6. The fourth-order valence-electron chi connectivity index (χ4n) is 6.43. The molecule has 2 aromatic rings. The van der Waals surface area contributed by atoms with Crippen molar-refractivity contribution in [2.45, 2.75) is 50.7 Å². The highest BCUT2D eigenvalue weighted by Gasteiger charge is 2.53. The van der Waals surface area contributed by atoms with Crippen LogP contribution in [0.1, 0.15) is 49.3 Å². The number of ether oxygens (including phenoxy) is 3. The van der Waals surface area contributed by atoms with Crippen molar-refractivity contribution in [1.29, 1.82) is 0 Å². The highest BCUT2D eigenvalue weighted by Crippen LogP contribution is 2.61. The molecule has 1 unspecified atom stereocenters. The Hall–Kier alpha value is -2.73. The average Bonchev–Trinajstić information content (AvgIpc) is 3.66. The van der Waals surface area contributed by atoms with Gasteiger partial charge < -0.3 is 19.5 Å². The van der Waals surface area contributed by atoms with Gasteiger partial charge in [-0.05, 0) is 91.8 Å². The Labute approximate surface area is 201 Å². The van der Waals surface area contributed by atoms with E-state index in [9.17, 15) is 4.79 Å². The third-order valence-corrected chi connectivity index (χ3v) is 8.69. The first-order chi connectivity index (χ1) is 16.6. The summed E-state index contributed by atoms with van der Waals surface area (Å²) in [5.41, 5.74) is 4.91. The summed E-state index contributed by atoms with van der Waals surface area (Å²) >= 11 is 0. The first-order valence-corrected chi connectivity index (χ1v) is 12.6. The van der Waals surface area contributed by atoms with Crippen LogP contribution >= 0.6 is 0 Å². The molecular formula is C28H34N2O4. The number of methoxy groups -OCH3 is 2. The van der Waals surface area contributed by atoms with Crippen LogP contribution in [-0.2, 0) is 11.2 Å². The maximum atomic E-state index is 13.0. The van der Waals surface area contributed by atoms with E-state index in [1.165, 1.54) is 24.0 Å². The van der Waals surface area contributed by atoms with Crippen LogP contribution in [0.15, 0.2) is 36.4 Å². The van der Waals surface area contributed by atoms with Crippen LogP contribution in [0.25, 0.3) is 11.1 Å². The Morgan fingerprint density at radius 3 is 2.53 bits per heavy atom. The smallest absolute Gasteiger partial charge is 0.407 e. The lowest BCUT2D eigenvalue weighted by molar-refractivity contribution is -0.0347. The third-order valence-electron chi connectivity index (χ3n) is 8.69. The van der Waals surface area contributed by atoms with Gasteiger partial charge in [0, 0.05) is 18.2 Å². The molecule has 7 rings (SSSR count). The first-order valence-electron chi connectivity index (χ1n) is 12.6. The summed E-state index contributed by atoms with van der Waals surface area (Å²) < 4.78 is 17.0.